The van der Waals surface area contributed by atoms with Crippen LogP contribution < -0.4 is 0 Å². The van der Waals surface area contributed by atoms with Gasteiger partial charge in [-0.2, -0.15) is 0 Å². The summed E-state index contributed by atoms with van der Waals surface area (Å²) in [4.78, 5) is 0. The molecule has 0 aliphatic heterocycles. The predicted octanol–water partition coefficient (Wildman–Crippen LogP) is 6.23. The number of allylic oxidation sites excluding steroid dienone is 3. The summed E-state index contributed by atoms with van der Waals surface area (Å²) in [6.07, 6.45) is 16.9. The molecule has 0 amide bonds. The molecule has 27 heavy (non-hydrogen) atoms. The van der Waals surface area contributed by atoms with Crippen molar-refractivity contribution in [2.24, 2.45) is 34.5 Å². The van der Waals surface area contributed by atoms with Crippen LogP contribution in [0, 0.1) is 34.5 Å². The Kier molecular flexibility index (Phi) is 4.03. The number of furan rings is 1. The lowest BCUT2D eigenvalue weighted by Gasteiger charge is -2.59. The van der Waals surface area contributed by atoms with E-state index in [0.29, 0.717) is 11.3 Å². The third-order valence-electron chi connectivity index (χ3n) is 9.13. The third-order valence-corrected chi connectivity index (χ3v) is 9.13. The molecule has 1 aromatic rings. The number of aliphatic hydroxyl groups is 1. The van der Waals surface area contributed by atoms with Gasteiger partial charge in [0.1, 0.15) is 0 Å². The summed E-state index contributed by atoms with van der Waals surface area (Å²) in [6, 6.07) is 2.14. The molecule has 146 valence electrons. The van der Waals surface area contributed by atoms with Gasteiger partial charge in [-0.25, -0.2) is 0 Å². The number of hydrogen-bond acceptors (Lipinski definition) is 2. The highest BCUT2D eigenvalue weighted by atomic mass is 16.3. The highest BCUT2D eigenvalue weighted by Gasteiger charge is 2.58. The fourth-order valence-corrected chi connectivity index (χ4v) is 7.63. The average molecular weight is 367 g/mol. The van der Waals surface area contributed by atoms with E-state index < -0.39 is 0 Å². The van der Waals surface area contributed by atoms with Gasteiger partial charge in [0.05, 0.1) is 18.6 Å². The zero-order valence-corrected chi connectivity index (χ0v) is 17.1. The lowest BCUT2D eigenvalue weighted by atomic mass is 9.45. The quantitative estimate of drug-likeness (QED) is 0.629. The maximum atomic E-state index is 10.3. The Balaban J connectivity index is 1.54. The summed E-state index contributed by atoms with van der Waals surface area (Å²) in [5.41, 5.74) is 5.02. The Morgan fingerprint density at radius 1 is 1.15 bits per heavy atom. The van der Waals surface area contributed by atoms with Gasteiger partial charge in [0, 0.05) is 5.56 Å². The first-order valence-corrected chi connectivity index (χ1v) is 11.1. The van der Waals surface area contributed by atoms with Crippen LogP contribution >= 0.6 is 0 Å². The molecule has 2 saturated carbocycles. The van der Waals surface area contributed by atoms with E-state index in [-0.39, 0.29) is 11.5 Å². The molecule has 1 heterocycles. The van der Waals surface area contributed by atoms with Crippen molar-refractivity contribution in [2.75, 3.05) is 0 Å². The Hall–Kier alpha value is -1.28. The summed E-state index contributed by atoms with van der Waals surface area (Å²) in [5.74, 6) is 2.97. The molecule has 2 fully saturated rings. The second kappa shape index (κ2) is 6.11. The second-order valence-electron chi connectivity index (χ2n) is 10.2. The maximum absolute atomic E-state index is 10.3. The summed E-state index contributed by atoms with van der Waals surface area (Å²) < 4.78 is 5.42. The molecule has 0 saturated heterocycles. The lowest BCUT2D eigenvalue weighted by molar-refractivity contribution is -0.0464. The van der Waals surface area contributed by atoms with Gasteiger partial charge in [-0.05, 0) is 91.1 Å². The van der Waals surface area contributed by atoms with Crippen LogP contribution in [0.15, 0.2) is 40.7 Å². The Morgan fingerprint density at radius 2 is 1.96 bits per heavy atom. The Labute approximate surface area is 163 Å². The van der Waals surface area contributed by atoms with Crippen molar-refractivity contribution in [1.82, 2.24) is 0 Å². The summed E-state index contributed by atoms with van der Waals surface area (Å²) >= 11 is 0. The normalized spacial score (nSPS) is 46.1. The summed E-state index contributed by atoms with van der Waals surface area (Å²) in [7, 11) is 0. The van der Waals surface area contributed by atoms with E-state index in [2.05, 4.69) is 39.0 Å². The van der Waals surface area contributed by atoms with Crippen molar-refractivity contribution < 1.29 is 9.52 Å². The largest absolute Gasteiger partial charge is 0.472 e. The van der Waals surface area contributed by atoms with Gasteiger partial charge in [0.15, 0.2) is 0 Å². The molecule has 2 heteroatoms. The van der Waals surface area contributed by atoms with Crippen LogP contribution in [0.2, 0.25) is 0 Å². The van der Waals surface area contributed by atoms with Crippen LogP contribution in [-0.2, 0) is 0 Å². The number of fused-ring (bicyclic) bond motifs is 5. The Bertz CT molecular complexity index is 772. The van der Waals surface area contributed by atoms with Gasteiger partial charge >= 0.3 is 0 Å². The fourth-order valence-electron chi connectivity index (χ4n) is 7.63. The molecule has 1 unspecified atom stereocenters. The van der Waals surface area contributed by atoms with Gasteiger partial charge in [-0.3, -0.25) is 0 Å². The fraction of sp³-hybridized carbons (Fsp3) is 0.680. The first-order chi connectivity index (χ1) is 13.0. The number of aliphatic hydroxyl groups excluding tert-OH is 1. The van der Waals surface area contributed by atoms with Crippen LogP contribution in [0.5, 0.6) is 0 Å². The van der Waals surface area contributed by atoms with Crippen molar-refractivity contribution in [3.05, 3.63) is 41.9 Å². The summed E-state index contributed by atoms with van der Waals surface area (Å²) in [5, 5.41) is 10.3. The lowest BCUT2D eigenvalue weighted by Crippen LogP contribution is -2.52. The van der Waals surface area contributed by atoms with Gasteiger partial charge in [0.25, 0.3) is 0 Å². The molecule has 0 spiro atoms. The van der Waals surface area contributed by atoms with Crippen LogP contribution in [0.3, 0.4) is 0 Å². The van der Waals surface area contributed by atoms with Gasteiger partial charge < -0.3 is 9.52 Å². The number of hydrogen-bond donors (Lipinski definition) is 1. The highest BCUT2D eigenvalue weighted by Crippen LogP contribution is 2.67. The van der Waals surface area contributed by atoms with Crippen LogP contribution in [0.25, 0.3) is 5.57 Å². The zero-order valence-electron chi connectivity index (χ0n) is 17.1. The van der Waals surface area contributed by atoms with Crippen LogP contribution in [0.1, 0.15) is 71.3 Å². The van der Waals surface area contributed by atoms with Crippen LogP contribution in [0.4, 0.5) is 0 Å². The number of rotatable bonds is 2. The summed E-state index contributed by atoms with van der Waals surface area (Å²) in [6.45, 7) is 7.42. The van der Waals surface area contributed by atoms with Gasteiger partial charge in [-0.15, -0.1) is 0 Å². The SMILES string of the molecule is CCC1C=C2C[C@@H](O)CC[C@]2(C)[C@H]2CC[C@]3(C)C(c4ccoc4)=CC[C@H]3[C@H]12. The molecule has 4 aliphatic carbocycles. The van der Waals surface area contributed by atoms with Gasteiger partial charge in [0.2, 0.25) is 0 Å². The molecule has 1 N–H and O–H groups in total. The minimum atomic E-state index is -0.118. The third kappa shape index (κ3) is 2.41. The predicted molar refractivity (Wildman–Crippen MR) is 109 cm³/mol. The van der Waals surface area contributed by atoms with E-state index in [9.17, 15) is 5.11 Å². The smallest absolute Gasteiger partial charge is 0.0977 e. The topological polar surface area (TPSA) is 33.4 Å². The monoisotopic (exact) mass is 366 g/mol. The van der Waals surface area contributed by atoms with Crippen molar-refractivity contribution in [3.8, 4) is 0 Å². The second-order valence-corrected chi connectivity index (χ2v) is 10.2. The van der Waals surface area contributed by atoms with E-state index in [0.717, 1.165) is 30.6 Å². The van der Waals surface area contributed by atoms with Crippen molar-refractivity contribution >= 4 is 5.57 Å². The Morgan fingerprint density at radius 3 is 2.70 bits per heavy atom. The average Bonchev–Trinajstić information content (AvgIpc) is 3.28. The van der Waals surface area contributed by atoms with Crippen molar-refractivity contribution in [1.29, 1.82) is 0 Å². The first kappa shape index (κ1) is 17.8. The minimum Gasteiger partial charge on any atom is -0.472 e. The first-order valence-electron chi connectivity index (χ1n) is 11.1. The van der Waals surface area contributed by atoms with E-state index in [1.807, 2.05) is 12.5 Å². The van der Waals surface area contributed by atoms with E-state index >= 15 is 0 Å². The molecule has 7 atom stereocenters. The van der Waals surface area contributed by atoms with E-state index in [4.69, 9.17) is 4.42 Å². The molecule has 2 nitrogen and oxygen atoms in total. The maximum Gasteiger partial charge on any atom is 0.0977 e. The highest BCUT2D eigenvalue weighted by molar-refractivity contribution is 5.72. The van der Waals surface area contributed by atoms with Crippen molar-refractivity contribution in [2.45, 2.75) is 71.8 Å². The molecule has 5 rings (SSSR count). The molecule has 0 radical (unpaired) electrons. The molecular weight excluding hydrogens is 332 g/mol. The molecular formula is C25H34O2. The zero-order chi connectivity index (χ0) is 18.8. The van der Waals surface area contributed by atoms with Crippen LogP contribution in [-0.4, -0.2) is 11.2 Å². The molecule has 1 aromatic heterocycles. The molecule has 4 aliphatic rings. The standard InChI is InChI=1S/C25H34O2/c1-4-16-13-18-14-19(26)7-10-24(18,2)22-8-11-25(3)20(17-9-12-27-15-17)5-6-21(25)23(16)22/h5,9,12-13,15-16,19,21-23,26H,4,6-8,10-11,14H2,1-3H3/t16?,19-,21-,22-,23-,24-,25+/m0/s1. The van der Waals surface area contributed by atoms with E-state index in [1.54, 1.807) is 5.57 Å². The van der Waals surface area contributed by atoms with Gasteiger partial charge in [-0.1, -0.05) is 38.5 Å². The minimum absolute atomic E-state index is 0.118. The molecule has 0 aromatic carbocycles. The molecule has 0 bridgehead atoms. The van der Waals surface area contributed by atoms with Crippen molar-refractivity contribution in [3.63, 3.8) is 0 Å². The van der Waals surface area contributed by atoms with E-state index in [1.165, 1.54) is 43.2 Å².